The van der Waals surface area contributed by atoms with Gasteiger partial charge >= 0.3 is 0 Å². The van der Waals surface area contributed by atoms with Crippen molar-refractivity contribution in [3.05, 3.63) is 65.2 Å². The first-order chi connectivity index (χ1) is 11.9. The van der Waals surface area contributed by atoms with Crippen LogP contribution in [0.15, 0.2) is 48.5 Å². The molecule has 1 amide bonds. The molecule has 0 aromatic heterocycles. The zero-order valence-corrected chi connectivity index (χ0v) is 14.7. The minimum absolute atomic E-state index is 0.0243. The number of hydrogen-bond acceptors (Lipinski definition) is 4. The van der Waals surface area contributed by atoms with Crippen LogP contribution in [0.5, 0.6) is 0 Å². The van der Waals surface area contributed by atoms with E-state index in [-0.39, 0.29) is 11.7 Å². The van der Waals surface area contributed by atoms with Crippen LogP contribution in [0.3, 0.4) is 0 Å². The van der Waals surface area contributed by atoms with Gasteiger partial charge in [0.05, 0.1) is 0 Å². The summed E-state index contributed by atoms with van der Waals surface area (Å²) in [5, 5.41) is 10.3. The van der Waals surface area contributed by atoms with Crippen LogP contribution in [0.4, 0.5) is 5.69 Å². The molecule has 0 aliphatic carbocycles. The molecule has 0 unspecified atom stereocenters. The second kappa shape index (κ2) is 8.30. The normalized spacial score (nSPS) is 11.6. The minimum Gasteiger partial charge on any atom is -0.384 e. The predicted molar refractivity (Wildman–Crippen MR) is 99.8 cm³/mol. The van der Waals surface area contributed by atoms with Gasteiger partial charge in [-0.05, 0) is 23.3 Å². The van der Waals surface area contributed by atoms with Crippen molar-refractivity contribution in [2.75, 3.05) is 26.1 Å². The lowest BCUT2D eigenvalue weighted by Gasteiger charge is -2.18. The van der Waals surface area contributed by atoms with Crippen molar-refractivity contribution in [1.29, 1.82) is 5.41 Å². The molecule has 0 radical (unpaired) electrons. The Morgan fingerprint density at radius 1 is 1.16 bits per heavy atom. The number of amides is 1. The first kappa shape index (κ1) is 18.5. The van der Waals surface area contributed by atoms with E-state index in [1.165, 1.54) is 7.11 Å². The Hall–Kier alpha value is -2.86. The highest BCUT2D eigenvalue weighted by Gasteiger charge is 2.19. The summed E-state index contributed by atoms with van der Waals surface area (Å²) in [5.41, 5.74) is 8.88. The van der Waals surface area contributed by atoms with Crippen LogP contribution >= 0.6 is 0 Å². The van der Waals surface area contributed by atoms with Gasteiger partial charge in [0.15, 0.2) is 6.10 Å². The average Bonchev–Trinajstić information content (AvgIpc) is 2.61. The van der Waals surface area contributed by atoms with Crippen molar-refractivity contribution >= 4 is 17.4 Å². The van der Waals surface area contributed by atoms with E-state index in [0.717, 1.165) is 16.8 Å². The summed E-state index contributed by atoms with van der Waals surface area (Å²) in [5.74, 6) is -0.174. The summed E-state index contributed by atoms with van der Waals surface area (Å²) < 4.78 is 5.37. The Morgan fingerprint density at radius 3 is 2.24 bits per heavy atom. The summed E-state index contributed by atoms with van der Waals surface area (Å²) in [6, 6.07) is 14.9. The molecule has 0 fully saturated rings. The van der Waals surface area contributed by atoms with Gasteiger partial charge in [0, 0.05) is 39.0 Å². The van der Waals surface area contributed by atoms with Gasteiger partial charge in [-0.15, -0.1) is 0 Å². The van der Waals surface area contributed by atoms with Crippen molar-refractivity contribution in [1.82, 2.24) is 5.32 Å². The number of amidine groups is 1. The van der Waals surface area contributed by atoms with Gasteiger partial charge < -0.3 is 20.7 Å². The lowest BCUT2D eigenvalue weighted by molar-refractivity contribution is -0.131. The van der Waals surface area contributed by atoms with Crippen LogP contribution in [0.2, 0.25) is 0 Å². The van der Waals surface area contributed by atoms with Crippen molar-refractivity contribution in [3.63, 3.8) is 0 Å². The molecule has 2 aromatic rings. The van der Waals surface area contributed by atoms with E-state index in [0.29, 0.717) is 12.1 Å². The summed E-state index contributed by atoms with van der Waals surface area (Å²) >= 11 is 0. The number of ether oxygens (including phenoxy) is 1. The number of nitrogens with one attached hydrogen (secondary N) is 2. The Labute approximate surface area is 148 Å². The van der Waals surface area contributed by atoms with Crippen LogP contribution < -0.4 is 16.0 Å². The molecule has 6 nitrogen and oxygen atoms in total. The van der Waals surface area contributed by atoms with E-state index in [9.17, 15) is 4.79 Å². The van der Waals surface area contributed by atoms with Crippen LogP contribution in [0.25, 0.3) is 0 Å². The smallest absolute Gasteiger partial charge is 0.254 e. The van der Waals surface area contributed by atoms with Gasteiger partial charge in [0.25, 0.3) is 5.91 Å². The molecule has 0 saturated heterocycles. The highest BCUT2D eigenvalue weighted by molar-refractivity contribution is 5.94. The fourth-order valence-corrected chi connectivity index (χ4v) is 2.43. The summed E-state index contributed by atoms with van der Waals surface area (Å²) in [4.78, 5) is 14.4. The molecule has 2 rings (SSSR count). The third-order valence-corrected chi connectivity index (χ3v) is 3.92. The van der Waals surface area contributed by atoms with E-state index in [4.69, 9.17) is 15.9 Å². The summed E-state index contributed by atoms with van der Waals surface area (Å²) in [6.07, 6.45) is -0.660. The number of anilines is 1. The first-order valence-electron chi connectivity index (χ1n) is 7.93. The van der Waals surface area contributed by atoms with Gasteiger partial charge in [0.2, 0.25) is 0 Å². The first-order valence-corrected chi connectivity index (χ1v) is 7.93. The van der Waals surface area contributed by atoms with E-state index in [2.05, 4.69) is 5.32 Å². The minimum atomic E-state index is -0.660. The molecule has 0 spiro atoms. The largest absolute Gasteiger partial charge is 0.384 e. The maximum Gasteiger partial charge on any atom is 0.254 e. The fourth-order valence-electron chi connectivity index (χ4n) is 2.43. The van der Waals surface area contributed by atoms with Gasteiger partial charge in [-0.25, -0.2) is 0 Å². The topological polar surface area (TPSA) is 91.4 Å². The Kier molecular flexibility index (Phi) is 6.14. The van der Waals surface area contributed by atoms with Crippen molar-refractivity contribution in [2.24, 2.45) is 5.73 Å². The SMILES string of the molecule is CO[C@H](C(=O)NCc1ccc(C(=N)N)cc1)c1ccc(N(C)C)cc1. The molecule has 132 valence electrons. The molecule has 6 heteroatoms. The Balaban J connectivity index is 2.00. The van der Waals surface area contributed by atoms with Crippen LogP contribution in [-0.4, -0.2) is 32.9 Å². The molecule has 0 bridgehead atoms. The molecule has 0 aliphatic rings. The molecular weight excluding hydrogens is 316 g/mol. The number of nitrogens with zero attached hydrogens (tertiary/aromatic N) is 1. The average molecular weight is 340 g/mol. The van der Waals surface area contributed by atoms with Crippen molar-refractivity contribution < 1.29 is 9.53 Å². The second-order valence-electron chi connectivity index (χ2n) is 5.93. The molecule has 2 aromatic carbocycles. The summed E-state index contributed by atoms with van der Waals surface area (Å²) in [6.45, 7) is 0.382. The van der Waals surface area contributed by atoms with Gasteiger partial charge in [-0.2, -0.15) is 0 Å². The number of methoxy groups -OCH3 is 1. The van der Waals surface area contributed by atoms with Crippen molar-refractivity contribution in [3.8, 4) is 0 Å². The van der Waals surface area contributed by atoms with Crippen molar-refractivity contribution in [2.45, 2.75) is 12.6 Å². The number of carbonyl (C=O) groups excluding carboxylic acids is 1. The van der Waals surface area contributed by atoms with Gasteiger partial charge in [0.1, 0.15) is 5.84 Å². The molecule has 0 aliphatic heterocycles. The Morgan fingerprint density at radius 2 is 1.76 bits per heavy atom. The standard InChI is InChI=1S/C19H24N4O2/c1-23(2)16-10-8-14(9-11-16)17(25-3)19(24)22-12-13-4-6-15(7-5-13)18(20)21/h4-11,17H,12H2,1-3H3,(H3,20,21)(H,22,24)/t17-/m0/s1. The molecule has 4 N–H and O–H groups in total. The van der Waals surface area contributed by atoms with Crippen LogP contribution in [-0.2, 0) is 16.1 Å². The number of hydrogen-bond donors (Lipinski definition) is 3. The predicted octanol–water partition coefficient (Wildman–Crippen LogP) is 2.04. The van der Waals surface area contributed by atoms with Gasteiger partial charge in [-0.1, -0.05) is 36.4 Å². The second-order valence-corrected chi connectivity index (χ2v) is 5.93. The summed E-state index contributed by atoms with van der Waals surface area (Å²) in [7, 11) is 5.45. The quantitative estimate of drug-likeness (QED) is 0.531. The molecule has 0 heterocycles. The maximum atomic E-state index is 12.4. The molecule has 0 saturated carbocycles. The number of nitrogen functional groups attached to an aromatic ring is 1. The number of nitrogens with two attached hydrogens (primary N) is 1. The molecular formula is C19H24N4O2. The van der Waals surface area contributed by atoms with Crippen LogP contribution in [0, 0.1) is 5.41 Å². The van der Waals surface area contributed by atoms with E-state index in [1.807, 2.05) is 55.4 Å². The lowest BCUT2D eigenvalue weighted by atomic mass is 10.1. The lowest BCUT2D eigenvalue weighted by Crippen LogP contribution is -2.30. The number of rotatable bonds is 7. The highest BCUT2D eigenvalue weighted by Crippen LogP contribution is 2.20. The van der Waals surface area contributed by atoms with E-state index < -0.39 is 6.10 Å². The van der Waals surface area contributed by atoms with Crippen LogP contribution in [0.1, 0.15) is 22.8 Å². The molecule has 25 heavy (non-hydrogen) atoms. The zero-order valence-electron chi connectivity index (χ0n) is 14.7. The third kappa shape index (κ3) is 4.81. The Bertz CT molecular complexity index is 724. The zero-order chi connectivity index (χ0) is 18.4. The third-order valence-electron chi connectivity index (χ3n) is 3.92. The highest BCUT2D eigenvalue weighted by atomic mass is 16.5. The van der Waals surface area contributed by atoms with E-state index in [1.54, 1.807) is 12.1 Å². The monoisotopic (exact) mass is 340 g/mol. The van der Waals surface area contributed by atoms with E-state index >= 15 is 0 Å². The molecule has 1 atom stereocenters. The number of benzene rings is 2. The van der Waals surface area contributed by atoms with Gasteiger partial charge in [-0.3, -0.25) is 10.2 Å². The fraction of sp³-hybridized carbons (Fsp3) is 0.263. The number of carbonyl (C=O) groups is 1. The maximum absolute atomic E-state index is 12.4.